The van der Waals surface area contributed by atoms with Crippen LogP contribution in [-0.4, -0.2) is 12.6 Å². The maximum absolute atomic E-state index is 3.69. The van der Waals surface area contributed by atoms with Crippen LogP contribution in [0.2, 0.25) is 0 Å². The third-order valence-corrected chi connectivity index (χ3v) is 4.82. The van der Waals surface area contributed by atoms with Crippen LogP contribution in [0.3, 0.4) is 0 Å². The highest BCUT2D eigenvalue weighted by Crippen LogP contribution is 2.21. The summed E-state index contributed by atoms with van der Waals surface area (Å²) in [4.78, 5) is 0. The van der Waals surface area contributed by atoms with E-state index in [1.54, 1.807) is 0 Å². The molecule has 0 aromatic rings. The Labute approximate surface area is 128 Å². The predicted octanol–water partition coefficient (Wildman–Crippen LogP) is 6.08. The van der Waals surface area contributed by atoms with E-state index in [1.807, 2.05) is 0 Å². The minimum atomic E-state index is 0.886. The molecule has 0 aliphatic heterocycles. The topological polar surface area (TPSA) is 12.0 Å². The van der Waals surface area contributed by atoms with Crippen molar-refractivity contribution in [3.05, 3.63) is 0 Å². The van der Waals surface area contributed by atoms with E-state index in [4.69, 9.17) is 0 Å². The average molecular weight is 282 g/mol. The van der Waals surface area contributed by atoms with E-state index in [2.05, 4.69) is 19.2 Å². The van der Waals surface area contributed by atoms with Crippen molar-refractivity contribution in [2.24, 2.45) is 5.92 Å². The van der Waals surface area contributed by atoms with E-state index < -0.39 is 0 Å². The summed E-state index contributed by atoms with van der Waals surface area (Å²) in [6.07, 6.45) is 20.2. The van der Waals surface area contributed by atoms with E-state index >= 15 is 0 Å². The van der Waals surface area contributed by atoms with Crippen molar-refractivity contribution in [3.8, 4) is 0 Å². The molecule has 0 spiro atoms. The normalized spacial score (nSPS) is 16.5. The number of hydrogen-bond donors (Lipinski definition) is 1. The molecule has 0 aromatic carbocycles. The third-order valence-electron chi connectivity index (χ3n) is 4.82. The lowest BCUT2D eigenvalue weighted by Gasteiger charge is -2.15. The van der Waals surface area contributed by atoms with E-state index in [0.717, 1.165) is 12.0 Å². The van der Waals surface area contributed by atoms with Gasteiger partial charge in [-0.3, -0.25) is 0 Å². The summed E-state index contributed by atoms with van der Waals surface area (Å²) in [6, 6.07) is 0.886. The van der Waals surface area contributed by atoms with Crippen LogP contribution in [-0.2, 0) is 0 Å². The van der Waals surface area contributed by atoms with Crippen molar-refractivity contribution in [2.75, 3.05) is 6.54 Å². The van der Waals surface area contributed by atoms with E-state index in [-0.39, 0.29) is 0 Å². The Morgan fingerprint density at radius 3 is 1.85 bits per heavy atom. The molecule has 1 nitrogen and oxygen atoms in total. The Bertz CT molecular complexity index is 198. The van der Waals surface area contributed by atoms with Crippen molar-refractivity contribution >= 4 is 0 Å². The van der Waals surface area contributed by atoms with Gasteiger partial charge in [-0.2, -0.15) is 0 Å². The van der Waals surface area contributed by atoms with Crippen LogP contribution in [0.25, 0.3) is 0 Å². The van der Waals surface area contributed by atoms with Crippen molar-refractivity contribution in [2.45, 2.75) is 110 Å². The lowest BCUT2D eigenvalue weighted by atomic mass is 9.97. The molecule has 20 heavy (non-hydrogen) atoms. The Morgan fingerprint density at radius 1 is 0.800 bits per heavy atom. The molecule has 0 bridgehead atoms. The van der Waals surface area contributed by atoms with Crippen LogP contribution in [0, 0.1) is 5.92 Å². The number of rotatable bonds is 15. The summed E-state index contributed by atoms with van der Waals surface area (Å²) in [6.45, 7) is 5.93. The molecular weight excluding hydrogens is 242 g/mol. The van der Waals surface area contributed by atoms with Crippen molar-refractivity contribution in [1.29, 1.82) is 0 Å². The smallest absolute Gasteiger partial charge is 0.00683 e. The zero-order valence-electron chi connectivity index (χ0n) is 14.3. The summed E-state index contributed by atoms with van der Waals surface area (Å²) in [5.74, 6) is 0.935. The first-order chi connectivity index (χ1) is 9.86. The predicted molar refractivity (Wildman–Crippen MR) is 91.3 cm³/mol. The first kappa shape index (κ1) is 18.0. The molecule has 1 atom stereocenters. The Morgan fingerprint density at radius 2 is 1.35 bits per heavy atom. The Hall–Kier alpha value is -0.0400. The van der Waals surface area contributed by atoms with Crippen LogP contribution in [0.4, 0.5) is 0 Å². The zero-order chi connectivity index (χ0) is 14.5. The second-order valence-electron chi connectivity index (χ2n) is 6.93. The fraction of sp³-hybridized carbons (Fsp3) is 1.00. The van der Waals surface area contributed by atoms with Gasteiger partial charge in [0, 0.05) is 6.04 Å². The second-order valence-corrected chi connectivity index (χ2v) is 6.93. The zero-order valence-corrected chi connectivity index (χ0v) is 14.3. The van der Waals surface area contributed by atoms with Crippen LogP contribution < -0.4 is 5.32 Å². The lowest BCUT2D eigenvalue weighted by Crippen LogP contribution is -2.24. The molecule has 0 amide bonds. The van der Waals surface area contributed by atoms with Gasteiger partial charge < -0.3 is 5.32 Å². The average Bonchev–Trinajstić information content (AvgIpc) is 3.28. The first-order valence-corrected chi connectivity index (χ1v) is 9.60. The largest absolute Gasteiger partial charge is 0.314 e. The molecule has 0 heterocycles. The first-order valence-electron chi connectivity index (χ1n) is 9.60. The summed E-state index contributed by atoms with van der Waals surface area (Å²) in [5, 5.41) is 3.69. The maximum Gasteiger partial charge on any atom is 0.00683 e. The fourth-order valence-corrected chi connectivity index (χ4v) is 2.99. The minimum absolute atomic E-state index is 0.886. The van der Waals surface area contributed by atoms with Gasteiger partial charge in [0.15, 0.2) is 0 Å². The van der Waals surface area contributed by atoms with Gasteiger partial charge in [0.2, 0.25) is 0 Å². The minimum Gasteiger partial charge on any atom is -0.314 e. The van der Waals surface area contributed by atoms with Gasteiger partial charge >= 0.3 is 0 Å². The van der Waals surface area contributed by atoms with Gasteiger partial charge in [-0.15, -0.1) is 0 Å². The number of hydrogen-bond acceptors (Lipinski definition) is 1. The Kier molecular flexibility index (Phi) is 11.4. The summed E-state index contributed by atoms with van der Waals surface area (Å²) >= 11 is 0. The molecule has 0 saturated heterocycles. The molecule has 0 radical (unpaired) electrons. The van der Waals surface area contributed by atoms with Crippen LogP contribution in [0.15, 0.2) is 0 Å². The number of nitrogens with one attached hydrogen (secondary N) is 1. The fourth-order valence-electron chi connectivity index (χ4n) is 2.99. The molecule has 1 saturated carbocycles. The maximum atomic E-state index is 3.69. The highest BCUT2D eigenvalue weighted by Gasteiger charge is 2.21. The molecule has 1 rings (SSSR count). The van der Waals surface area contributed by atoms with Gasteiger partial charge in [-0.1, -0.05) is 84.5 Å². The molecule has 1 aliphatic rings. The molecule has 0 aromatic heterocycles. The van der Waals surface area contributed by atoms with Crippen molar-refractivity contribution in [1.82, 2.24) is 5.32 Å². The van der Waals surface area contributed by atoms with Crippen LogP contribution >= 0.6 is 0 Å². The van der Waals surface area contributed by atoms with Gasteiger partial charge in [-0.05, 0) is 31.7 Å². The molecule has 1 unspecified atom stereocenters. The highest BCUT2D eigenvalue weighted by molar-refractivity contribution is 4.81. The molecule has 1 heteroatoms. The Balaban J connectivity index is 1.78. The molecule has 120 valence electrons. The summed E-state index contributed by atoms with van der Waals surface area (Å²) in [7, 11) is 0. The summed E-state index contributed by atoms with van der Waals surface area (Å²) in [5.41, 5.74) is 0. The van der Waals surface area contributed by atoms with Gasteiger partial charge in [0.05, 0.1) is 0 Å². The second kappa shape index (κ2) is 12.7. The SMILES string of the molecule is CCCCCCCCCCCCC(CC)CNC1CC1. The van der Waals surface area contributed by atoms with Crippen LogP contribution in [0.5, 0.6) is 0 Å². The standard InChI is InChI=1S/C19H39N/c1-3-5-6-7-8-9-10-11-12-13-14-18(4-2)17-20-19-15-16-19/h18-20H,3-17H2,1-2H3. The van der Waals surface area contributed by atoms with E-state index in [1.165, 1.54) is 96.4 Å². The molecule has 1 aliphatic carbocycles. The van der Waals surface area contributed by atoms with Gasteiger partial charge in [-0.25, -0.2) is 0 Å². The van der Waals surface area contributed by atoms with Crippen LogP contribution in [0.1, 0.15) is 104 Å². The molecule has 1 fully saturated rings. The molecule has 1 N–H and O–H groups in total. The molecular formula is C19H39N. The van der Waals surface area contributed by atoms with Crippen molar-refractivity contribution in [3.63, 3.8) is 0 Å². The van der Waals surface area contributed by atoms with Crippen molar-refractivity contribution < 1.29 is 0 Å². The van der Waals surface area contributed by atoms with Gasteiger partial charge in [0.1, 0.15) is 0 Å². The third kappa shape index (κ3) is 10.7. The quantitative estimate of drug-likeness (QED) is 0.359. The highest BCUT2D eigenvalue weighted by atomic mass is 14.9. The number of unbranched alkanes of at least 4 members (excludes halogenated alkanes) is 9. The summed E-state index contributed by atoms with van der Waals surface area (Å²) < 4.78 is 0. The van der Waals surface area contributed by atoms with E-state index in [9.17, 15) is 0 Å². The lowest BCUT2D eigenvalue weighted by molar-refractivity contribution is 0.409. The van der Waals surface area contributed by atoms with E-state index in [0.29, 0.717) is 0 Å². The van der Waals surface area contributed by atoms with Gasteiger partial charge in [0.25, 0.3) is 0 Å². The monoisotopic (exact) mass is 281 g/mol.